The summed E-state index contributed by atoms with van der Waals surface area (Å²) in [5.74, 6) is 2.59. The predicted octanol–water partition coefficient (Wildman–Crippen LogP) is 2.12. The van der Waals surface area contributed by atoms with Crippen LogP contribution in [0.5, 0.6) is 11.5 Å². The van der Waals surface area contributed by atoms with Crippen LogP contribution >= 0.6 is 0 Å². The zero-order valence-corrected chi connectivity index (χ0v) is 17.8. The van der Waals surface area contributed by atoms with Crippen LogP contribution in [0.15, 0.2) is 36.7 Å². The summed E-state index contributed by atoms with van der Waals surface area (Å²) in [7, 11) is 0. The summed E-state index contributed by atoms with van der Waals surface area (Å²) in [6, 6.07) is 8.31. The number of hydrogen-bond acceptors (Lipinski definition) is 7. The van der Waals surface area contributed by atoms with E-state index in [0.29, 0.717) is 32.8 Å². The number of carbonyl (C=O) groups is 1. The molecule has 2 aromatic rings. The average molecular weight is 424 g/mol. The van der Waals surface area contributed by atoms with Crippen molar-refractivity contribution in [3.8, 4) is 11.5 Å². The molecule has 0 unspecified atom stereocenters. The van der Waals surface area contributed by atoms with E-state index in [2.05, 4.69) is 31.9 Å². The highest BCUT2D eigenvalue weighted by molar-refractivity contribution is 5.78. The van der Waals surface area contributed by atoms with Gasteiger partial charge in [0.2, 0.25) is 11.9 Å². The number of likely N-dealkylation sites (tertiary alicyclic amines) is 1. The van der Waals surface area contributed by atoms with Crippen LogP contribution in [0.4, 0.5) is 5.95 Å². The van der Waals surface area contributed by atoms with Crippen molar-refractivity contribution in [1.82, 2.24) is 19.8 Å². The van der Waals surface area contributed by atoms with E-state index in [4.69, 9.17) is 9.47 Å². The SMILES string of the molecule is O=C(CN1CCC[C@@H]1c1ccc2c(c1)OCCCO2)N1CCN(c2ncccn2)CC1. The van der Waals surface area contributed by atoms with E-state index >= 15 is 0 Å². The molecule has 3 aliphatic heterocycles. The lowest BCUT2D eigenvalue weighted by Gasteiger charge is -2.36. The maximum Gasteiger partial charge on any atom is 0.236 e. The Morgan fingerprint density at radius 2 is 1.74 bits per heavy atom. The maximum absolute atomic E-state index is 13.0. The lowest BCUT2D eigenvalue weighted by atomic mass is 10.0. The minimum absolute atomic E-state index is 0.204. The number of aromatic nitrogens is 2. The number of fused-ring (bicyclic) bond motifs is 1. The monoisotopic (exact) mass is 423 g/mol. The van der Waals surface area contributed by atoms with E-state index in [9.17, 15) is 4.79 Å². The van der Waals surface area contributed by atoms with E-state index in [1.165, 1.54) is 5.56 Å². The number of ether oxygens (including phenoxy) is 2. The number of nitrogens with zero attached hydrogens (tertiary/aromatic N) is 5. The molecule has 0 radical (unpaired) electrons. The van der Waals surface area contributed by atoms with Gasteiger partial charge in [0.25, 0.3) is 0 Å². The van der Waals surface area contributed by atoms with E-state index < -0.39 is 0 Å². The molecule has 0 saturated carbocycles. The van der Waals surface area contributed by atoms with Gasteiger partial charge < -0.3 is 19.3 Å². The van der Waals surface area contributed by atoms with Gasteiger partial charge in [0.1, 0.15) is 0 Å². The van der Waals surface area contributed by atoms with Crippen LogP contribution in [-0.2, 0) is 4.79 Å². The first kappa shape index (κ1) is 20.1. The second-order valence-corrected chi connectivity index (χ2v) is 8.30. The Bertz CT molecular complexity index is 901. The fourth-order valence-corrected chi connectivity index (χ4v) is 4.66. The minimum Gasteiger partial charge on any atom is -0.490 e. The Balaban J connectivity index is 1.20. The highest BCUT2D eigenvalue weighted by Crippen LogP contribution is 2.37. The normalized spacial score (nSPS) is 21.7. The zero-order valence-electron chi connectivity index (χ0n) is 17.8. The highest BCUT2D eigenvalue weighted by atomic mass is 16.5. The van der Waals surface area contributed by atoms with Gasteiger partial charge in [0, 0.05) is 51.0 Å². The molecule has 8 heteroatoms. The van der Waals surface area contributed by atoms with Gasteiger partial charge in [0.15, 0.2) is 11.5 Å². The lowest BCUT2D eigenvalue weighted by molar-refractivity contribution is -0.133. The van der Waals surface area contributed by atoms with E-state index in [1.54, 1.807) is 12.4 Å². The fourth-order valence-electron chi connectivity index (χ4n) is 4.66. The predicted molar refractivity (Wildman–Crippen MR) is 116 cm³/mol. The summed E-state index contributed by atoms with van der Waals surface area (Å²) >= 11 is 0. The summed E-state index contributed by atoms with van der Waals surface area (Å²) in [6.07, 6.45) is 6.58. The van der Waals surface area contributed by atoms with E-state index in [0.717, 1.165) is 56.3 Å². The third kappa shape index (κ3) is 4.44. The molecular weight excluding hydrogens is 394 g/mol. The van der Waals surface area contributed by atoms with Crippen molar-refractivity contribution < 1.29 is 14.3 Å². The summed E-state index contributed by atoms with van der Waals surface area (Å²) in [5, 5.41) is 0. The van der Waals surface area contributed by atoms with Gasteiger partial charge in [-0.1, -0.05) is 6.07 Å². The van der Waals surface area contributed by atoms with Crippen molar-refractivity contribution >= 4 is 11.9 Å². The fraction of sp³-hybridized carbons (Fsp3) is 0.522. The molecule has 1 atom stereocenters. The molecule has 1 aromatic carbocycles. The third-order valence-electron chi connectivity index (χ3n) is 6.33. The van der Waals surface area contributed by atoms with Crippen molar-refractivity contribution in [3.05, 3.63) is 42.2 Å². The molecule has 2 saturated heterocycles. The topological polar surface area (TPSA) is 71.0 Å². The molecule has 0 spiro atoms. The van der Waals surface area contributed by atoms with Crippen LogP contribution in [0.3, 0.4) is 0 Å². The Labute approximate surface area is 182 Å². The molecule has 0 bridgehead atoms. The number of benzene rings is 1. The van der Waals surface area contributed by atoms with Crippen LogP contribution in [0.1, 0.15) is 30.9 Å². The van der Waals surface area contributed by atoms with Gasteiger partial charge in [-0.25, -0.2) is 9.97 Å². The summed E-state index contributed by atoms with van der Waals surface area (Å²) in [4.78, 5) is 28.1. The first-order valence-electron chi connectivity index (χ1n) is 11.2. The van der Waals surface area contributed by atoms with Gasteiger partial charge in [0.05, 0.1) is 19.8 Å². The molecule has 4 heterocycles. The van der Waals surface area contributed by atoms with Crippen molar-refractivity contribution in [2.45, 2.75) is 25.3 Å². The number of rotatable bonds is 4. The Morgan fingerprint density at radius 3 is 2.55 bits per heavy atom. The van der Waals surface area contributed by atoms with Crippen molar-refractivity contribution in [1.29, 1.82) is 0 Å². The van der Waals surface area contributed by atoms with Gasteiger partial charge in [-0.2, -0.15) is 0 Å². The second-order valence-electron chi connectivity index (χ2n) is 8.30. The standard InChI is InChI=1S/C23H29N5O3/c29-22(26-10-12-27(13-11-26)23-24-7-2-8-25-23)17-28-9-1-4-19(28)18-5-6-20-21(16-18)31-15-3-14-30-20/h2,5-8,16,19H,1,3-4,9-15,17H2/t19-/m1/s1. The number of amides is 1. The quantitative estimate of drug-likeness (QED) is 0.746. The van der Waals surface area contributed by atoms with Crippen molar-refractivity contribution in [3.63, 3.8) is 0 Å². The first-order chi connectivity index (χ1) is 15.3. The van der Waals surface area contributed by atoms with Crippen LogP contribution in [0.25, 0.3) is 0 Å². The number of carbonyl (C=O) groups excluding carboxylic acids is 1. The largest absolute Gasteiger partial charge is 0.490 e. The number of piperazine rings is 1. The highest BCUT2D eigenvalue weighted by Gasteiger charge is 2.31. The van der Waals surface area contributed by atoms with E-state index in [1.807, 2.05) is 17.0 Å². The van der Waals surface area contributed by atoms with Crippen LogP contribution in [-0.4, -0.2) is 78.2 Å². The van der Waals surface area contributed by atoms with Crippen molar-refractivity contribution in [2.75, 3.05) is 57.4 Å². The Hall–Kier alpha value is -2.87. The van der Waals surface area contributed by atoms with Crippen LogP contribution in [0, 0.1) is 0 Å². The molecule has 5 rings (SSSR count). The van der Waals surface area contributed by atoms with Crippen molar-refractivity contribution in [2.24, 2.45) is 0 Å². The number of anilines is 1. The van der Waals surface area contributed by atoms with Crippen LogP contribution < -0.4 is 14.4 Å². The summed E-state index contributed by atoms with van der Waals surface area (Å²) in [6.45, 7) is 5.73. The van der Waals surface area contributed by atoms with Gasteiger partial charge in [-0.05, 0) is 43.1 Å². The third-order valence-corrected chi connectivity index (χ3v) is 6.33. The van der Waals surface area contributed by atoms with E-state index in [-0.39, 0.29) is 11.9 Å². The van der Waals surface area contributed by atoms with Gasteiger partial charge in [-0.15, -0.1) is 0 Å². The van der Waals surface area contributed by atoms with Crippen LogP contribution in [0.2, 0.25) is 0 Å². The molecule has 164 valence electrons. The Morgan fingerprint density at radius 1 is 0.968 bits per heavy atom. The minimum atomic E-state index is 0.204. The molecule has 31 heavy (non-hydrogen) atoms. The maximum atomic E-state index is 13.0. The molecule has 0 aliphatic carbocycles. The molecule has 2 fully saturated rings. The summed E-state index contributed by atoms with van der Waals surface area (Å²) < 4.78 is 11.6. The zero-order chi connectivity index (χ0) is 21.0. The van der Waals surface area contributed by atoms with Gasteiger partial charge >= 0.3 is 0 Å². The molecule has 1 amide bonds. The molecule has 3 aliphatic rings. The average Bonchev–Trinajstić information content (AvgIpc) is 3.15. The smallest absolute Gasteiger partial charge is 0.236 e. The Kier molecular flexibility index (Phi) is 5.88. The number of hydrogen-bond donors (Lipinski definition) is 0. The van der Waals surface area contributed by atoms with Gasteiger partial charge in [-0.3, -0.25) is 9.69 Å². The molecule has 0 N–H and O–H groups in total. The molecule has 8 nitrogen and oxygen atoms in total. The molecule has 1 aromatic heterocycles. The molecular formula is C23H29N5O3. The second kappa shape index (κ2) is 9.09. The summed E-state index contributed by atoms with van der Waals surface area (Å²) in [5.41, 5.74) is 1.21. The first-order valence-corrected chi connectivity index (χ1v) is 11.2. The lowest BCUT2D eigenvalue weighted by Crippen LogP contribution is -2.51.